The number of hydrogen-bond acceptors (Lipinski definition) is 4. The molecule has 4 heteroatoms. The van der Waals surface area contributed by atoms with Crippen LogP contribution in [0.15, 0.2) is 78.9 Å². The van der Waals surface area contributed by atoms with Crippen LogP contribution in [-0.2, 0) is 0 Å². The van der Waals surface area contributed by atoms with Gasteiger partial charge in [0.15, 0.2) is 0 Å². The van der Waals surface area contributed by atoms with Gasteiger partial charge in [-0.3, -0.25) is 0 Å². The van der Waals surface area contributed by atoms with Crippen molar-refractivity contribution in [1.82, 2.24) is 0 Å². The van der Waals surface area contributed by atoms with Crippen LogP contribution in [0.4, 0.5) is 11.4 Å². The number of hydrogen-bond donors (Lipinski definition) is 2. The molecule has 3 aromatic carbocycles. The topological polar surface area (TPSA) is 70.5 Å². The van der Waals surface area contributed by atoms with E-state index in [9.17, 15) is 0 Å². The molecule has 3 aromatic rings. The molecule has 0 heterocycles. The van der Waals surface area contributed by atoms with Gasteiger partial charge in [-0.2, -0.15) is 0 Å². The largest absolute Gasteiger partial charge is 0.454 e. The van der Waals surface area contributed by atoms with Gasteiger partial charge in [0, 0.05) is 11.4 Å². The Kier molecular flexibility index (Phi) is 5.09. The Bertz CT molecular complexity index is 739. The van der Waals surface area contributed by atoms with E-state index in [1.807, 2.05) is 66.7 Å². The van der Waals surface area contributed by atoms with E-state index in [0.29, 0.717) is 22.9 Å². The first-order chi connectivity index (χ1) is 12.1. The standard InChI is InChI=1S/C21H22N2O2/c1-15(16-5-3-2-4-6-16)21(24-19-11-7-17(22)8-12-19)25-20-13-9-18(23)10-14-20/h2-15,21H,22-23H2,1H3. The summed E-state index contributed by atoms with van der Waals surface area (Å²) in [5, 5.41) is 0. The van der Waals surface area contributed by atoms with E-state index in [4.69, 9.17) is 20.9 Å². The quantitative estimate of drug-likeness (QED) is 0.516. The summed E-state index contributed by atoms with van der Waals surface area (Å²) >= 11 is 0. The van der Waals surface area contributed by atoms with Gasteiger partial charge >= 0.3 is 0 Å². The molecule has 128 valence electrons. The molecule has 0 amide bonds. The van der Waals surface area contributed by atoms with Crippen molar-refractivity contribution in [3.8, 4) is 11.5 Å². The highest BCUT2D eigenvalue weighted by atomic mass is 16.7. The van der Waals surface area contributed by atoms with Crippen LogP contribution in [0.2, 0.25) is 0 Å². The average molecular weight is 334 g/mol. The van der Waals surface area contributed by atoms with Gasteiger partial charge in [0.1, 0.15) is 11.5 Å². The summed E-state index contributed by atoms with van der Waals surface area (Å²) in [6.07, 6.45) is -0.491. The molecule has 0 fully saturated rings. The van der Waals surface area contributed by atoms with Crippen LogP contribution >= 0.6 is 0 Å². The molecular formula is C21H22N2O2. The minimum atomic E-state index is -0.491. The summed E-state index contributed by atoms with van der Waals surface area (Å²) in [5.41, 5.74) is 14.0. The Balaban J connectivity index is 1.84. The molecule has 0 saturated carbocycles. The highest BCUT2D eigenvalue weighted by molar-refractivity contribution is 5.42. The van der Waals surface area contributed by atoms with Crippen molar-refractivity contribution >= 4 is 11.4 Å². The molecule has 0 spiro atoms. The molecule has 0 aliphatic rings. The van der Waals surface area contributed by atoms with Crippen molar-refractivity contribution in [3.63, 3.8) is 0 Å². The maximum Gasteiger partial charge on any atom is 0.247 e. The first-order valence-electron chi connectivity index (χ1n) is 8.21. The third-order valence-electron chi connectivity index (χ3n) is 4.00. The van der Waals surface area contributed by atoms with Crippen molar-refractivity contribution < 1.29 is 9.47 Å². The Morgan fingerprint density at radius 2 is 1.08 bits per heavy atom. The second-order valence-corrected chi connectivity index (χ2v) is 5.94. The molecule has 0 aliphatic heterocycles. The lowest BCUT2D eigenvalue weighted by molar-refractivity contribution is -0.0120. The van der Waals surface area contributed by atoms with Gasteiger partial charge in [0.05, 0.1) is 5.92 Å². The van der Waals surface area contributed by atoms with E-state index in [1.54, 1.807) is 0 Å². The Hall–Kier alpha value is -3.14. The molecule has 0 aromatic heterocycles. The average Bonchev–Trinajstić information content (AvgIpc) is 2.65. The van der Waals surface area contributed by atoms with E-state index in [1.165, 1.54) is 0 Å². The van der Waals surface area contributed by atoms with Gasteiger partial charge in [-0.05, 0) is 54.1 Å². The van der Waals surface area contributed by atoms with Crippen LogP contribution in [-0.4, -0.2) is 6.29 Å². The Morgan fingerprint density at radius 3 is 1.52 bits per heavy atom. The summed E-state index contributed by atoms with van der Waals surface area (Å²) in [5.74, 6) is 1.44. The number of nitrogens with two attached hydrogens (primary N) is 2. The predicted octanol–water partition coefficient (Wildman–Crippen LogP) is 4.44. The minimum Gasteiger partial charge on any atom is -0.454 e. The summed E-state index contributed by atoms with van der Waals surface area (Å²) in [4.78, 5) is 0. The van der Waals surface area contributed by atoms with Crippen LogP contribution < -0.4 is 20.9 Å². The smallest absolute Gasteiger partial charge is 0.247 e. The van der Waals surface area contributed by atoms with Gasteiger partial charge in [-0.1, -0.05) is 37.3 Å². The zero-order valence-corrected chi connectivity index (χ0v) is 14.1. The van der Waals surface area contributed by atoms with Gasteiger partial charge in [0.2, 0.25) is 6.29 Å². The van der Waals surface area contributed by atoms with Gasteiger partial charge in [-0.25, -0.2) is 0 Å². The maximum absolute atomic E-state index is 6.11. The SMILES string of the molecule is CC(c1ccccc1)C(Oc1ccc(N)cc1)Oc1ccc(N)cc1. The molecule has 3 rings (SSSR count). The lowest BCUT2D eigenvalue weighted by atomic mass is 10.0. The number of ether oxygens (including phenoxy) is 2. The molecule has 0 bridgehead atoms. The molecule has 0 aliphatic carbocycles. The van der Waals surface area contributed by atoms with Crippen LogP contribution in [0.3, 0.4) is 0 Å². The lowest BCUT2D eigenvalue weighted by Gasteiger charge is -2.26. The van der Waals surface area contributed by atoms with E-state index >= 15 is 0 Å². The van der Waals surface area contributed by atoms with E-state index < -0.39 is 6.29 Å². The van der Waals surface area contributed by atoms with Crippen molar-refractivity contribution in [1.29, 1.82) is 0 Å². The highest BCUT2D eigenvalue weighted by Crippen LogP contribution is 2.27. The van der Waals surface area contributed by atoms with Crippen molar-refractivity contribution in [2.45, 2.75) is 19.1 Å². The first-order valence-corrected chi connectivity index (χ1v) is 8.21. The zero-order chi connectivity index (χ0) is 17.6. The van der Waals surface area contributed by atoms with E-state index in [0.717, 1.165) is 5.56 Å². The summed E-state index contributed by atoms with van der Waals surface area (Å²) in [6, 6.07) is 24.7. The third kappa shape index (κ3) is 4.44. The second-order valence-electron chi connectivity index (χ2n) is 5.94. The first kappa shape index (κ1) is 16.7. The molecule has 0 radical (unpaired) electrons. The fourth-order valence-electron chi connectivity index (χ4n) is 2.50. The molecule has 25 heavy (non-hydrogen) atoms. The van der Waals surface area contributed by atoms with Crippen molar-refractivity contribution in [3.05, 3.63) is 84.4 Å². The van der Waals surface area contributed by atoms with Gasteiger partial charge in [-0.15, -0.1) is 0 Å². The number of anilines is 2. The number of benzene rings is 3. The van der Waals surface area contributed by atoms with Crippen LogP contribution in [0, 0.1) is 0 Å². The lowest BCUT2D eigenvalue weighted by Crippen LogP contribution is -2.30. The minimum absolute atomic E-state index is 0.0244. The summed E-state index contributed by atoms with van der Waals surface area (Å²) in [7, 11) is 0. The molecule has 4 N–H and O–H groups in total. The predicted molar refractivity (Wildman–Crippen MR) is 102 cm³/mol. The second kappa shape index (κ2) is 7.62. The zero-order valence-electron chi connectivity index (χ0n) is 14.1. The molecule has 1 atom stereocenters. The van der Waals surface area contributed by atoms with E-state index in [-0.39, 0.29) is 5.92 Å². The fourth-order valence-corrected chi connectivity index (χ4v) is 2.50. The summed E-state index contributed by atoms with van der Waals surface area (Å²) in [6.45, 7) is 2.08. The number of rotatable bonds is 6. The maximum atomic E-state index is 6.11. The molecule has 0 saturated heterocycles. The number of nitrogen functional groups attached to an aromatic ring is 2. The van der Waals surface area contributed by atoms with Crippen LogP contribution in [0.1, 0.15) is 18.4 Å². The fraction of sp³-hybridized carbons (Fsp3) is 0.143. The van der Waals surface area contributed by atoms with Crippen molar-refractivity contribution in [2.24, 2.45) is 0 Å². The van der Waals surface area contributed by atoms with Crippen LogP contribution in [0.25, 0.3) is 0 Å². The normalized spacial score (nSPS) is 11.9. The third-order valence-corrected chi connectivity index (χ3v) is 4.00. The molecule has 1 unspecified atom stereocenters. The van der Waals surface area contributed by atoms with Gasteiger partial charge in [0.25, 0.3) is 0 Å². The highest BCUT2D eigenvalue weighted by Gasteiger charge is 2.23. The summed E-state index contributed by atoms with van der Waals surface area (Å²) < 4.78 is 12.2. The monoisotopic (exact) mass is 334 g/mol. The van der Waals surface area contributed by atoms with E-state index in [2.05, 4.69) is 19.1 Å². The molecular weight excluding hydrogens is 312 g/mol. The Morgan fingerprint density at radius 1 is 0.640 bits per heavy atom. The van der Waals surface area contributed by atoms with Crippen LogP contribution in [0.5, 0.6) is 11.5 Å². The van der Waals surface area contributed by atoms with Gasteiger partial charge < -0.3 is 20.9 Å². The van der Waals surface area contributed by atoms with Crippen molar-refractivity contribution in [2.75, 3.05) is 11.5 Å². The molecule has 4 nitrogen and oxygen atoms in total. The Labute approximate surface area is 148 Å².